The van der Waals surface area contributed by atoms with Crippen LogP contribution in [0.15, 0.2) is 48.5 Å². The van der Waals surface area contributed by atoms with E-state index in [4.69, 9.17) is 5.21 Å². The highest BCUT2D eigenvalue weighted by Gasteiger charge is 2.25. The van der Waals surface area contributed by atoms with Gasteiger partial charge in [0, 0.05) is 16.8 Å². The van der Waals surface area contributed by atoms with Crippen LogP contribution in [-0.2, 0) is 9.59 Å². The Balaban J connectivity index is 2.02. The molecule has 0 radical (unpaired) electrons. The van der Waals surface area contributed by atoms with Gasteiger partial charge in [-0.15, -0.1) is 0 Å². The van der Waals surface area contributed by atoms with Gasteiger partial charge in [-0.25, -0.2) is 5.48 Å². The van der Waals surface area contributed by atoms with Crippen LogP contribution < -0.4 is 16.1 Å². The molecule has 0 bridgehead atoms. The van der Waals surface area contributed by atoms with Crippen molar-refractivity contribution < 1.29 is 24.7 Å². The fraction of sp³-hybridized carbons (Fsp3) is 0.375. The van der Waals surface area contributed by atoms with Crippen LogP contribution in [0.4, 0.5) is 5.69 Å². The van der Waals surface area contributed by atoms with E-state index in [9.17, 15) is 19.5 Å². The Morgan fingerprint density at radius 1 is 0.970 bits per heavy atom. The van der Waals surface area contributed by atoms with E-state index < -0.39 is 24.0 Å². The molecule has 0 aliphatic rings. The van der Waals surface area contributed by atoms with Gasteiger partial charge in [0.05, 0.1) is 12.6 Å². The van der Waals surface area contributed by atoms with Crippen molar-refractivity contribution in [3.63, 3.8) is 0 Å². The quantitative estimate of drug-likeness (QED) is 0.305. The van der Waals surface area contributed by atoms with Gasteiger partial charge in [-0.3, -0.25) is 24.5 Å². The van der Waals surface area contributed by atoms with Crippen LogP contribution in [0.3, 0.4) is 0 Å². The van der Waals surface area contributed by atoms with Gasteiger partial charge in [-0.2, -0.15) is 0 Å². The average molecular weight is 457 g/mol. The normalized spacial score (nSPS) is 13.2. The van der Waals surface area contributed by atoms with Crippen molar-refractivity contribution >= 4 is 23.4 Å². The van der Waals surface area contributed by atoms with Crippen molar-refractivity contribution in [3.05, 3.63) is 54.1 Å². The van der Waals surface area contributed by atoms with Crippen molar-refractivity contribution in [2.75, 3.05) is 18.9 Å². The maximum atomic E-state index is 12.4. The molecule has 0 heterocycles. The summed E-state index contributed by atoms with van der Waals surface area (Å²) in [7, 11) is 1.90. The number of amides is 3. The number of anilines is 1. The van der Waals surface area contributed by atoms with Crippen molar-refractivity contribution in [2.45, 2.75) is 45.4 Å². The number of aliphatic hydroxyl groups is 1. The molecule has 0 fully saturated rings. The largest absolute Gasteiger partial charge is 0.391 e. The molecule has 0 aliphatic heterocycles. The summed E-state index contributed by atoms with van der Waals surface area (Å²) in [6.45, 7) is 7.74. The summed E-state index contributed by atoms with van der Waals surface area (Å²) in [5.41, 5.74) is 4.06. The molecule has 2 aromatic carbocycles. The van der Waals surface area contributed by atoms with E-state index >= 15 is 0 Å². The maximum absolute atomic E-state index is 12.4. The average Bonchev–Trinajstić information content (AvgIpc) is 2.76. The summed E-state index contributed by atoms with van der Waals surface area (Å²) in [6.07, 6.45) is -1.19. The standard InChI is InChI=1S/C24H32N4O5/c1-15(29)21(23(32)27-33)26-22(31)18-8-6-16(7-9-18)17-10-12-19(13-11-17)25-20(30)14-28(5)24(2,3)4/h6-13,15,21,29,33H,14H2,1-5H3,(H,25,30)(H,26,31)(H,27,32)/t15-,21+/m1/s1. The minimum absolute atomic E-state index is 0.0964. The Labute approximate surface area is 193 Å². The van der Waals surface area contributed by atoms with E-state index in [1.807, 2.05) is 57.0 Å². The molecule has 9 heteroatoms. The van der Waals surface area contributed by atoms with Crippen molar-refractivity contribution in [1.29, 1.82) is 0 Å². The second kappa shape index (κ2) is 11.0. The van der Waals surface area contributed by atoms with Crippen LogP contribution in [0, 0.1) is 0 Å². The highest BCUT2D eigenvalue weighted by molar-refractivity contribution is 5.98. The first-order valence-electron chi connectivity index (χ1n) is 10.6. The fourth-order valence-electron chi connectivity index (χ4n) is 2.91. The Morgan fingerprint density at radius 3 is 1.94 bits per heavy atom. The third-order valence-corrected chi connectivity index (χ3v) is 5.34. The van der Waals surface area contributed by atoms with Crippen LogP contribution in [-0.4, -0.2) is 64.2 Å². The molecule has 0 unspecified atom stereocenters. The number of nitrogens with one attached hydrogen (secondary N) is 3. The number of likely N-dealkylation sites (N-methyl/N-ethyl adjacent to an activating group) is 1. The monoisotopic (exact) mass is 456 g/mol. The lowest BCUT2D eigenvalue weighted by atomic mass is 10.0. The molecule has 9 nitrogen and oxygen atoms in total. The smallest absolute Gasteiger partial charge is 0.268 e. The van der Waals surface area contributed by atoms with Crippen LogP contribution in [0.2, 0.25) is 0 Å². The summed E-state index contributed by atoms with van der Waals surface area (Å²) in [5, 5.41) is 23.7. The van der Waals surface area contributed by atoms with E-state index in [0.717, 1.165) is 11.1 Å². The van der Waals surface area contributed by atoms with E-state index in [-0.39, 0.29) is 18.0 Å². The first-order chi connectivity index (χ1) is 15.4. The predicted molar refractivity (Wildman–Crippen MR) is 126 cm³/mol. The maximum Gasteiger partial charge on any atom is 0.268 e. The van der Waals surface area contributed by atoms with Crippen molar-refractivity contribution in [2.24, 2.45) is 0 Å². The first kappa shape index (κ1) is 26.0. The van der Waals surface area contributed by atoms with Gasteiger partial charge in [0.1, 0.15) is 6.04 Å². The topological polar surface area (TPSA) is 131 Å². The Bertz CT molecular complexity index is 966. The second-order valence-corrected chi connectivity index (χ2v) is 8.90. The molecular formula is C24H32N4O5. The lowest BCUT2D eigenvalue weighted by Crippen LogP contribution is -2.51. The zero-order valence-corrected chi connectivity index (χ0v) is 19.5. The molecule has 0 saturated carbocycles. The fourth-order valence-corrected chi connectivity index (χ4v) is 2.91. The van der Waals surface area contributed by atoms with E-state index in [1.165, 1.54) is 12.4 Å². The number of hydrogen-bond acceptors (Lipinski definition) is 6. The van der Waals surface area contributed by atoms with Gasteiger partial charge in [-0.1, -0.05) is 24.3 Å². The molecule has 178 valence electrons. The van der Waals surface area contributed by atoms with E-state index in [1.54, 1.807) is 24.3 Å². The summed E-state index contributed by atoms with van der Waals surface area (Å²) in [4.78, 5) is 38.2. The number of carbonyl (C=O) groups is 3. The zero-order valence-electron chi connectivity index (χ0n) is 19.5. The van der Waals surface area contributed by atoms with Gasteiger partial charge >= 0.3 is 0 Å². The molecule has 3 amide bonds. The van der Waals surface area contributed by atoms with E-state index in [2.05, 4.69) is 10.6 Å². The molecule has 2 rings (SSSR count). The molecule has 5 N–H and O–H groups in total. The molecule has 33 heavy (non-hydrogen) atoms. The number of rotatable bonds is 8. The molecule has 0 spiro atoms. The van der Waals surface area contributed by atoms with E-state index in [0.29, 0.717) is 11.3 Å². The molecule has 2 atom stereocenters. The molecular weight excluding hydrogens is 424 g/mol. The summed E-state index contributed by atoms with van der Waals surface area (Å²) < 4.78 is 0. The minimum Gasteiger partial charge on any atom is -0.391 e. The van der Waals surface area contributed by atoms with Gasteiger partial charge in [0.25, 0.3) is 11.8 Å². The molecule has 0 aliphatic carbocycles. The number of hydroxylamine groups is 1. The molecule has 0 saturated heterocycles. The van der Waals surface area contributed by atoms with Gasteiger partial charge < -0.3 is 15.7 Å². The Kier molecular flexibility index (Phi) is 8.69. The van der Waals surface area contributed by atoms with Crippen LogP contribution in [0.25, 0.3) is 11.1 Å². The number of aliphatic hydroxyl groups excluding tert-OH is 1. The SMILES string of the molecule is C[C@@H](O)[C@H](NC(=O)c1ccc(-c2ccc(NC(=O)CN(C)C(C)(C)C)cc2)cc1)C(=O)NO. The first-order valence-corrected chi connectivity index (χ1v) is 10.6. The summed E-state index contributed by atoms with van der Waals surface area (Å²) in [6, 6.07) is 12.8. The number of carbonyl (C=O) groups excluding carboxylic acids is 3. The summed E-state index contributed by atoms with van der Waals surface area (Å²) >= 11 is 0. The third kappa shape index (κ3) is 7.38. The third-order valence-electron chi connectivity index (χ3n) is 5.34. The molecule has 0 aromatic heterocycles. The van der Waals surface area contributed by atoms with Gasteiger partial charge in [0.2, 0.25) is 5.91 Å². The van der Waals surface area contributed by atoms with Crippen LogP contribution >= 0.6 is 0 Å². The van der Waals surface area contributed by atoms with Gasteiger partial charge in [-0.05, 0) is 70.1 Å². The minimum atomic E-state index is -1.28. The molecule has 2 aromatic rings. The number of hydrogen-bond donors (Lipinski definition) is 5. The zero-order chi connectivity index (χ0) is 24.8. The second-order valence-electron chi connectivity index (χ2n) is 8.90. The van der Waals surface area contributed by atoms with Crippen LogP contribution in [0.5, 0.6) is 0 Å². The highest BCUT2D eigenvalue weighted by Crippen LogP contribution is 2.22. The predicted octanol–water partition coefficient (Wildman–Crippen LogP) is 2.01. The Hall–Kier alpha value is -3.27. The van der Waals surface area contributed by atoms with Crippen LogP contribution in [0.1, 0.15) is 38.1 Å². The van der Waals surface area contributed by atoms with Crippen molar-refractivity contribution in [3.8, 4) is 11.1 Å². The number of benzene rings is 2. The van der Waals surface area contributed by atoms with Crippen molar-refractivity contribution in [1.82, 2.24) is 15.7 Å². The Morgan fingerprint density at radius 2 is 1.48 bits per heavy atom. The van der Waals surface area contributed by atoms with Gasteiger partial charge in [0.15, 0.2) is 0 Å². The highest BCUT2D eigenvalue weighted by atomic mass is 16.5. The summed E-state index contributed by atoms with van der Waals surface area (Å²) in [5.74, 6) is -1.57. The number of nitrogens with zero attached hydrogens (tertiary/aromatic N) is 1. The lowest BCUT2D eigenvalue weighted by molar-refractivity contribution is -0.133. The lowest BCUT2D eigenvalue weighted by Gasteiger charge is -2.31.